The molecule has 0 fully saturated rings. The number of nitrogens with one attached hydrogen (secondary N) is 2. The second-order valence-corrected chi connectivity index (χ2v) is 7.28. The first kappa shape index (κ1) is 19.1. The molecule has 0 unspecified atom stereocenters. The first-order valence-electron chi connectivity index (χ1n) is 8.51. The molecule has 2 rings (SSSR count). The maximum Gasteiger partial charge on any atom is 0.286 e. The summed E-state index contributed by atoms with van der Waals surface area (Å²) < 4.78 is 0. The molecule has 0 aliphatic rings. The van der Waals surface area contributed by atoms with Gasteiger partial charge < -0.3 is 10.6 Å². The number of aromatic nitrogens is 2. The summed E-state index contributed by atoms with van der Waals surface area (Å²) in [5.41, 5.74) is 1.19. The SMILES string of the molecule is CCCc1nnc(C(=O)Nc2ccc(C(=O)NCCC(C)C)cc2)s1. The third-order valence-electron chi connectivity index (χ3n) is 3.54. The number of hydrogen-bond donors (Lipinski definition) is 2. The fraction of sp³-hybridized carbons (Fsp3) is 0.444. The van der Waals surface area contributed by atoms with Crippen LogP contribution in [0.25, 0.3) is 0 Å². The minimum atomic E-state index is -0.283. The van der Waals surface area contributed by atoms with Gasteiger partial charge in [0.05, 0.1) is 0 Å². The normalized spacial score (nSPS) is 10.7. The minimum absolute atomic E-state index is 0.105. The van der Waals surface area contributed by atoms with Crippen LogP contribution in [-0.4, -0.2) is 28.6 Å². The Balaban J connectivity index is 1.90. The van der Waals surface area contributed by atoms with Gasteiger partial charge in [0.15, 0.2) is 0 Å². The van der Waals surface area contributed by atoms with Gasteiger partial charge in [0.1, 0.15) is 5.01 Å². The lowest BCUT2D eigenvalue weighted by Gasteiger charge is -2.08. The number of aryl methyl sites for hydroxylation is 1. The molecule has 0 bridgehead atoms. The zero-order valence-corrected chi connectivity index (χ0v) is 15.7. The average Bonchev–Trinajstić information content (AvgIpc) is 3.04. The van der Waals surface area contributed by atoms with Gasteiger partial charge in [0.2, 0.25) is 5.01 Å². The van der Waals surface area contributed by atoms with E-state index < -0.39 is 0 Å². The molecule has 0 saturated heterocycles. The topological polar surface area (TPSA) is 84.0 Å². The first-order valence-corrected chi connectivity index (χ1v) is 9.33. The van der Waals surface area contributed by atoms with Crippen LogP contribution in [0.15, 0.2) is 24.3 Å². The third kappa shape index (κ3) is 5.94. The number of carbonyl (C=O) groups excluding carboxylic acids is 2. The van der Waals surface area contributed by atoms with E-state index in [0.717, 1.165) is 24.3 Å². The zero-order valence-electron chi connectivity index (χ0n) is 14.8. The van der Waals surface area contributed by atoms with Crippen molar-refractivity contribution in [3.05, 3.63) is 39.8 Å². The predicted octanol–water partition coefficient (Wildman–Crippen LogP) is 3.52. The fourth-order valence-corrected chi connectivity index (χ4v) is 2.96. The van der Waals surface area contributed by atoms with Crippen LogP contribution in [-0.2, 0) is 6.42 Å². The molecule has 6 nitrogen and oxygen atoms in total. The third-order valence-corrected chi connectivity index (χ3v) is 4.52. The largest absolute Gasteiger partial charge is 0.352 e. The molecule has 25 heavy (non-hydrogen) atoms. The molecule has 2 N–H and O–H groups in total. The Labute approximate surface area is 152 Å². The van der Waals surface area contributed by atoms with Crippen LogP contribution in [0.1, 0.15) is 58.8 Å². The summed E-state index contributed by atoms with van der Waals surface area (Å²) in [6.45, 7) is 6.95. The van der Waals surface area contributed by atoms with Gasteiger partial charge in [-0.1, -0.05) is 32.1 Å². The van der Waals surface area contributed by atoms with E-state index >= 15 is 0 Å². The van der Waals surface area contributed by atoms with Crippen LogP contribution in [0, 0.1) is 5.92 Å². The van der Waals surface area contributed by atoms with E-state index in [-0.39, 0.29) is 11.8 Å². The van der Waals surface area contributed by atoms with E-state index in [9.17, 15) is 9.59 Å². The van der Waals surface area contributed by atoms with Gasteiger partial charge in [-0.25, -0.2) is 0 Å². The molecule has 7 heteroatoms. The Kier molecular flexibility index (Phi) is 7.06. The summed E-state index contributed by atoms with van der Waals surface area (Å²) in [5, 5.41) is 14.8. The molecule has 1 aromatic heterocycles. The lowest BCUT2D eigenvalue weighted by atomic mass is 10.1. The quantitative estimate of drug-likeness (QED) is 0.754. The molecule has 134 valence electrons. The number of nitrogens with zero attached hydrogens (tertiary/aromatic N) is 2. The number of anilines is 1. The molecule has 0 aliphatic carbocycles. The summed E-state index contributed by atoms with van der Waals surface area (Å²) in [6.07, 6.45) is 2.74. The second-order valence-electron chi connectivity index (χ2n) is 6.22. The molecule has 2 aromatic rings. The van der Waals surface area contributed by atoms with Gasteiger partial charge >= 0.3 is 0 Å². The van der Waals surface area contributed by atoms with Crippen molar-refractivity contribution in [1.29, 1.82) is 0 Å². The standard InChI is InChI=1S/C18H24N4O2S/c1-4-5-15-21-22-18(25-15)17(24)20-14-8-6-13(7-9-14)16(23)19-11-10-12(2)3/h6-9,12H,4-5,10-11H2,1-3H3,(H,19,23)(H,20,24). The molecule has 2 amide bonds. The van der Waals surface area contributed by atoms with Gasteiger partial charge in [0.25, 0.3) is 11.8 Å². The summed E-state index contributed by atoms with van der Waals surface area (Å²) >= 11 is 1.31. The Hall–Kier alpha value is -2.28. The fourth-order valence-electron chi connectivity index (χ4n) is 2.13. The van der Waals surface area contributed by atoms with Crippen LogP contribution in [0.5, 0.6) is 0 Å². The van der Waals surface area contributed by atoms with Gasteiger partial charge in [-0.15, -0.1) is 10.2 Å². The van der Waals surface area contributed by atoms with E-state index in [1.165, 1.54) is 11.3 Å². The van der Waals surface area contributed by atoms with Crippen LogP contribution in [0.2, 0.25) is 0 Å². The highest BCUT2D eigenvalue weighted by atomic mass is 32.1. The zero-order chi connectivity index (χ0) is 18.2. The average molecular weight is 360 g/mol. The van der Waals surface area contributed by atoms with E-state index in [1.807, 2.05) is 0 Å². The summed E-state index contributed by atoms with van der Waals surface area (Å²) in [6, 6.07) is 6.82. The van der Waals surface area contributed by atoms with Crippen molar-refractivity contribution in [3.8, 4) is 0 Å². The predicted molar refractivity (Wildman–Crippen MR) is 100 cm³/mol. The van der Waals surface area contributed by atoms with E-state index in [0.29, 0.717) is 28.7 Å². The lowest BCUT2D eigenvalue weighted by molar-refractivity contribution is 0.0951. The van der Waals surface area contributed by atoms with Gasteiger partial charge in [-0.2, -0.15) is 0 Å². The van der Waals surface area contributed by atoms with Crippen LogP contribution in [0.3, 0.4) is 0 Å². The number of rotatable bonds is 8. The van der Waals surface area contributed by atoms with Crippen LogP contribution >= 0.6 is 11.3 Å². The molecule has 1 aromatic carbocycles. The van der Waals surface area contributed by atoms with Crippen LogP contribution in [0.4, 0.5) is 5.69 Å². The highest BCUT2D eigenvalue weighted by Crippen LogP contribution is 2.15. The number of hydrogen-bond acceptors (Lipinski definition) is 5. The molecule has 0 atom stereocenters. The van der Waals surface area contributed by atoms with Gasteiger partial charge in [-0.3, -0.25) is 9.59 Å². The Morgan fingerprint density at radius 1 is 1.12 bits per heavy atom. The summed E-state index contributed by atoms with van der Waals surface area (Å²) in [7, 11) is 0. The molecular weight excluding hydrogens is 336 g/mol. The van der Waals surface area contributed by atoms with Crippen molar-refractivity contribution in [2.45, 2.75) is 40.0 Å². The first-order chi connectivity index (χ1) is 12.0. The van der Waals surface area contributed by atoms with Crippen molar-refractivity contribution in [2.75, 3.05) is 11.9 Å². The highest BCUT2D eigenvalue weighted by Gasteiger charge is 2.13. The van der Waals surface area contributed by atoms with Crippen LogP contribution < -0.4 is 10.6 Å². The smallest absolute Gasteiger partial charge is 0.286 e. The van der Waals surface area contributed by atoms with E-state index in [4.69, 9.17) is 0 Å². The highest BCUT2D eigenvalue weighted by molar-refractivity contribution is 7.13. The molecule has 0 spiro atoms. The maximum absolute atomic E-state index is 12.2. The maximum atomic E-state index is 12.2. The number of benzene rings is 1. The monoisotopic (exact) mass is 360 g/mol. The Morgan fingerprint density at radius 2 is 1.84 bits per heavy atom. The molecule has 0 radical (unpaired) electrons. The van der Waals surface area contributed by atoms with E-state index in [2.05, 4.69) is 41.6 Å². The lowest BCUT2D eigenvalue weighted by Crippen LogP contribution is -2.25. The van der Waals surface area contributed by atoms with Gasteiger partial charge in [0, 0.05) is 24.2 Å². The molecule has 0 aliphatic heterocycles. The van der Waals surface area contributed by atoms with Crippen molar-refractivity contribution in [3.63, 3.8) is 0 Å². The molecular formula is C18H24N4O2S. The molecule has 0 saturated carbocycles. The Morgan fingerprint density at radius 3 is 2.48 bits per heavy atom. The summed E-state index contributed by atoms with van der Waals surface area (Å²) in [4.78, 5) is 24.2. The van der Waals surface area contributed by atoms with Crippen molar-refractivity contribution < 1.29 is 9.59 Å². The Bertz CT molecular complexity index is 710. The second kappa shape index (κ2) is 9.27. The number of amides is 2. The van der Waals surface area contributed by atoms with Crippen molar-refractivity contribution >= 4 is 28.8 Å². The van der Waals surface area contributed by atoms with Crippen molar-refractivity contribution in [2.24, 2.45) is 5.92 Å². The molecule has 1 heterocycles. The van der Waals surface area contributed by atoms with E-state index in [1.54, 1.807) is 24.3 Å². The van der Waals surface area contributed by atoms with Gasteiger partial charge in [-0.05, 0) is 43.0 Å². The number of carbonyl (C=O) groups is 2. The van der Waals surface area contributed by atoms with Crippen molar-refractivity contribution in [1.82, 2.24) is 15.5 Å². The summed E-state index contributed by atoms with van der Waals surface area (Å²) in [5.74, 6) is 0.164. The minimum Gasteiger partial charge on any atom is -0.352 e.